The summed E-state index contributed by atoms with van der Waals surface area (Å²) in [6.45, 7) is 1.49. The first-order valence-electron chi connectivity index (χ1n) is 8.44. The number of hydrogen-bond acceptors (Lipinski definition) is 6. The first kappa shape index (κ1) is 19.4. The minimum atomic E-state index is -1.01. The van der Waals surface area contributed by atoms with E-state index in [0.717, 1.165) is 25.3 Å². The first-order valence-corrected chi connectivity index (χ1v) is 8.44. The van der Waals surface area contributed by atoms with E-state index in [4.69, 9.17) is 4.74 Å². The number of carbonyl (C=O) groups is 2. The van der Waals surface area contributed by atoms with Crippen LogP contribution in [0.15, 0.2) is 18.2 Å². The van der Waals surface area contributed by atoms with Crippen molar-refractivity contribution in [3.8, 4) is 11.8 Å². The third-order valence-corrected chi connectivity index (χ3v) is 4.83. The van der Waals surface area contributed by atoms with E-state index in [2.05, 4.69) is 6.07 Å². The Morgan fingerprint density at radius 1 is 1.42 bits per heavy atom. The molecule has 8 nitrogen and oxygen atoms in total. The first-order chi connectivity index (χ1) is 12.3. The third-order valence-electron chi connectivity index (χ3n) is 4.83. The summed E-state index contributed by atoms with van der Waals surface area (Å²) in [6.07, 6.45) is 3.48. The van der Waals surface area contributed by atoms with Crippen molar-refractivity contribution in [3.05, 3.63) is 33.9 Å². The van der Waals surface area contributed by atoms with Crippen molar-refractivity contribution in [2.45, 2.75) is 50.7 Å². The monoisotopic (exact) mass is 359 g/mol. The van der Waals surface area contributed by atoms with Gasteiger partial charge in [-0.3, -0.25) is 19.7 Å². The number of aldehydes is 1. The standard InChI is InChI=1S/C18H21N3O5/c1-13(17(23)20(2)18(12-19)8-4-3-5-9-18)26-16-7-6-14(11-22)10-15(16)21(24)25/h6-7,10-11,13H,3-5,8-9H2,1-2H3/t13-/m0/s1. The molecule has 1 aliphatic carbocycles. The molecule has 1 amide bonds. The molecule has 0 bridgehead atoms. The maximum Gasteiger partial charge on any atom is 0.311 e. The van der Waals surface area contributed by atoms with Crippen molar-refractivity contribution in [2.75, 3.05) is 7.05 Å². The van der Waals surface area contributed by atoms with E-state index < -0.39 is 22.5 Å². The predicted octanol–water partition coefficient (Wildman–Crippen LogP) is 2.86. The average Bonchev–Trinajstić information content (AvgIpc) is 2.67. The zero-order chi connectivity index (χ0) is 19.3. The zero-order valence-corrected chi connectivity index (χ0v) is 14.8. The lowest BCUT2D eigenvalue weighted by atomic mass is 9.81. The Morgan fingerprint density at radius 3 is 2.62 bits per heavy atom. The van der Waals surface area contributed by atoms with E-state index in [1.165, 1.54) is 24.0 Å². The van der Waals surface area contributed by atoms with Gasteiger partial charge in [0, 0.05) is 18.7 Å². The molecule has 0 heterocycles. The molecule has 1 saturated carbocycles. The van der Waals surface area contributed by atoms with Crippen molar-refractivity contribution in [1.82, 2.24) is 4.90 Å². The molecule has 0 N–H and O–H groups in total. The van der Waals surface area contributed by atoms with Crippen LogP contribution in [0.4, 0.5) is 5.69 Å². The molecule has 2 rings (SSSR count). The fourth-order valence-corrected chi connectivity index (χ4v) is 3.23. The van der Waals surface area contributed by atoms with Crippen molar-refractivity contribution < 1.29 is 19.2 Å². The number of carbonyl (C=O) groups excluding carboxylic acids is 2. The van der Waals surface area contributed by atoms with Gasteiger partial charge in [-0.25, -0.2) is 0 Å². The molecule has 1 aromatic rings. The van der Waals surface area contributed by atoms with Crippen molar-refractivity contribution in [1.29, 1.82) is 5.26 Å². The van der Waals surface area contributed by atoms with Gasteiger partial charge in [-0.15, -0.1) is 0 Å². The van der Waals surface area contributed by atoms with Crippen molar-refractivity contribution in [3.63, 3.8) is 0 Å². The second-order valence-corrected chi connectivity index (χ2v) is 6.46. The fraction of sp³-hybridized carbons (Fsp3) is 0.500. The Hall–Kier alpha value is -2.95. The largest absolute Gasteiger partial charge is 0.474 e. The molecule has 1 aromatic carbocycles. The quantitative estimate of drug-likeness (QED) is 0.438. The lowest BCUT2D eigenvalue weighted by molar-refractivity contribution is -0.386. The molecule has 26 heavy (non-hydrogen) atoms. The minimum Gasteiger partial charge on any atom is -0.474 e. The van der Waals surface area contributed by atoms with E-state index >= 15 is 0 Å². The molecular formula is C18H21N3O5. The minimum absolute atomic E-state index is 0.0931. The second-order valence-electron chi connectivity index (χ2n) is 6.46. The third kappa shape index (κ3) is 3.82. The van der Waals surface area contributed by atoms with Crippen LogP contribution in [-0.4, -0.2) is 40.7 Å². The van der Waals surface area contributed by atoms with Crippen LogP contribution in [0.25, 0.3) is 0 Å². The van der Waals surface area contributed by atoms with Crippen LogP contribution in [0.5, 0.6) is 5.75 Å². The van der Waals surface area contributed by atoms with Crippen LogP contribution in [-0.2, 0) is 4.79 Å². The molecule has 0 radical (unpaired) electrons. The van der Waals surface area contributed by atoms with Gasteiger partial charge in [0.05, 0.1) is 11.0 Å². The van der Waals surface area contributed by atoms with Gasteiger partial charge >= 0.3 is 5.69 Å². The summed E-state index contributed by atoms with van der Waals surface area (Å²) < 4.78 is 5.51. The number of likely N-dealkylation sites (N-methyl/N-ethyl adjacent to an activating group) is 1. The van der Waals surface area contributed by atoms with Gasteiger partial charge in [0.1, 0.15) is 11.8 Å². The van der Waals surface area contributed by atoms with Gasteiger partial charge < -0.3 is 9.64 Å². The van der Waals surface area contributed by atoms with Gasteiger partial charge in [0.15, 0.2) is 11.9 Å². The molecular weight excluding hydrogens is 338 g/mol. The molecule has 1 aliphatic rings. The topological polar surface area (TPSA) is 114 Å². The number of nitrogens with zero attached hydrogens (tertiary/aromatic N) is 3. The highest BCUT2D eigenvalue weighted by Crippen LogP contribution is 2.34. The lowest BCUT2D eigenvalue weighted by Crippen LogP contribution is -2.53. The van der Waals surface area contributed by atoms with Crippen LogP contribution in [0.3, 0.4) is 0 Å². The summed E-state index contributed by atoms with van der Waals surface area (Å²) in [5.41, 5.74) is -1.10. The van der Waals surface area contributed by atoms with Crippen LogP contribution in [0.2, 0.25) is 0 Å². The van der Waals surface area contributed by atoms with E-state index in [9.17, 15) is 25.0 Å². The van der Waals surface area contributed by atoms with Gasteiger partial charge in [-0.1, -0.05) is 19.3 Å². The van der Waals surface area contributed by atoms with Crippen molar-refractivity contribution >= 4 is 17.9 Å². The highest BCUT2D eigenvalue weighted by molar-refractivity contribution is 5.82. The predicted molar refractivity (Wildman–Crippen MR) is 92.8 cm³/mol. The number of nitro groups is 1. The maximum atomic E-state index is 12.7. The molecule has 8 heteroatoms. The van der Waals surface area contributed by atoms with Crippen LogP contribution in [0, 0.1) is 21.4 Å². The Labute approximate surface area is 151 Å². The Morgan fingerprint density at radius 2 is 2.08 bits per heavy atom. The second kappa shape index (κ2) is 7.95. The van der Waals surface area contributed by atoms with Gasteiger partial charge in [0.2, 0.25) is 0 Å². The molecule has 1 fully saturated rings. The Balaban J connectivity index is 2.20. The molecule has 0 unspecified atom stereocenters. The summed E-state index contributed by atoms with van der Waals surface area (Å²) in [6, 6.07) is 6.04. The summed E-state index contributed by atoms with van der Waals surface area (Å²) in [4.78, 5) is 35.5. The maximum absolute atomic E-state index is 12.7. The summed E-state index contributed by atoms with van der Waals surface area (Å²) in [5, 5.41) is 20.8. The fourth-order valence-electron chi connectivity index (χ4n) is 3.23. The Kier molecular flexibility index (Phi) is 5.93. The van der Waals surface area contributed by atoms with E-state index in [0.29, 0.717) is 19.1 Å². The number of nitro benzene ring substituents is 1. The number of benzene rings is 1. The Bertz CT molecular complexity index is 750. The number of nitriles is 1. The zero-order valence-electron chi connectivity index (χ0n) is 14.8. The van der Waals surface area contributed by atoms with Gasteiger partial charge in [0.25, 0.3) is 5.91 Å². The molecule has 138 valence electrons. The molecule has 1 atom stereocenters. The summed E-state index contributed by atoms with van der Waals surface area (Å²) in [5.74, 6) is -0.508. The molecule has 0 spiro atoms. The number of rotatable bonds is 6. The van der Waals surface area contributed by atoms with E-state index in [-0.39, 0.29) is 17.0 Å². The lowest BCUT2D eigenvalue weighted by Gasteiger charge is -2.39. The van der Waals surface area contributed by atoms with Gasteiger partial charge in [-0.05, 0) is 31.9 Å². The molecule has 0 aliphatic heterocycles. The number of ether oxygens (including phenoxy) is 1. The van der Waals surface area contributed by atoms with E-state index in [1.807, 2.05) is 0 Å². The summed E-state index contributed by atoms with van der Waals surface area (Å²) in [7, 11) is 1.57. The van der Waals surface area contributed by atoms with Gasteiger partial charge in [-0.2, -0.15) is 5.26 Å². The van der Waals surface area contributed by atoms with Crippen LogP contribution < -0.4 is 4.74 Å². The smallest absolute Gasteiger partial charge is 0.311 e. The number of hydrogen-bond donors (Lipinski definition) is 0. The highest BCUT2D eigenvalue weighted by Gasteiger charge is 2.40. The van der Waals surface area contributed by atoms with Crippen LogP contribution >= 0.6 is 0 Å². The highest BCUT2D eigenvalue weighted by atomic mass is 16.6. The molecule has 0 aromatic heterocycles. The SMILES string of the molecule is C[C@H](Oc1ccc(C=O)cc1[N+](=O)[O-])C(=O)N(C)C1(C#N)CCCCC1. The molecule has 0 saturated heterocycles. The van der Waals surface area contributed by atoms with Crippen molar-refractivity contribution in [2.24, 2.45) is 0 Å². The summed E-state index contributed by atoms with van der Waals surface area (Å²) >= 11 is 0. The average molecular weight is 359 g/mol. The van der Waals surface area contributed by atoms with E-state index in [1.54, 1.807) is 7.05 Å². The normalized spacial score (nSPS) is 16.8. The number of amides is 1. The van der Waals surface area contributed by atoms with Crippen LogP contribution in [0.1, 0.15) is 49.4 Å².